The normalized spacial score (nSPS) is 22.6. The average molecular weight is 385 g/mol. The second-order valence-electron chi connectivity index (χ2n) is 9.35. The number of hydrogen-bond donors (Lipinski definition) is 1. The molecule has 28 heavy (non-hydrogen) atoms. The molecule has 3 rings (SSSR count). The van der Waals surface area contributed by atoms with Gasteiger partial charge in [-0.15, -0.1) is 0 Å². The molecule has 1 N–H and O–H groups in total. The second kappa shape index (κ2) is 6.84. The molecule has 0 amide bonds. The quantitative estimate of drug-likeness (QED) is 0.686. The maximum Gasteiger partial charge on any atom is 0.677 e. The zero-order valence-corrected chi connectivity index (χ0v) is 18.2. The Bertz CT molecular complexity index is 943. The highest BCUT2D eigenvalue weighted by Gasteiger charge is 2.37. The number of nitrogens with zero attached hydrogens (tertiary/aromatic N) is 2. The lowest BCUT2D eigenvalue weighted by atomic mass is 9.78. The first kappa shape index (κ1) is 20.8. The van der Waals surface area contributed by atoms with E-state index in [2.05, 4.69) is 39.1 Å². The lowest BCUT2D eigenvalue weighted by molar-refractivity contribution is 0.286. The van der Waals surface area contributed by atoms with E-state index in [1.54, 1.807) is 6.92 Å². The molecule has 0 saturated heterocycles. The maximum atomic E-state index is 14.1. The van der Waals surface area contributed by atoms with Crippen molar-refractivity contribution in [2.75, 3.05) is 0 Å². The number of nitrogens with one attached hydrogen (secondary N) is 1. The third-order valence-electron chi connectivity index (χ3n) is 5.32. The number of hydrogen-bond acceptors (Lipinski definition) is 2. The van der Waals surface area contributed by atoms with Crippen LogP contribution < -0.4 is 5.32 Å². The predicted octanol–water partition coefficient (Wildman–Crippen LogP) is 5.49. The fourth-order valence-corrected chi connectivity index (χ4v) is 4.81. The first-order chi connectivity index (χ1) is 12.8. The van der Waals surface area contributed by atoms with Crippen molar-refractivity contribution in [2.45, 2.75) is 72.9 Å². The molecule has 3 nitrogen and oxygen atoms in total. The van der Waals surface area contributed by atoms with Crippen LogP contribution >= 0.6 is 0 Å². The number of rotatable bonds is 3. The van der Waals surface area contributed by atoms with Crippen molar-refractivity contribution >= 4 is 18.7 Å². The van der Waals surface area contributed by atoms with Crippen LogP contribution in [-0.4, -0.2) is 28.7 Å². The van der Waals surface area contributed by atoms with E-state index >= 15 is 0 Å². The number of aryl methyl sites for hydroxylation is 2. The Hall–Kier alpha value is -1.95. The third kappa shape index (κ3) is 3.79. The topological polar surface area (TPSA) is 29.3 Å². The van der Waals surface area contributed by atoms with Gasteiger partial charge in [0.1, 0.15) is 0 Å². The fourth-order valence-electron chi connectivity index (χ4n) is 4.81. The molecule has 0 atom stereocenters. The Morgan fingerprint density at radius 2 is 1.79 bits per heavy atom. The Balaban J connectivity index is 2.37. The minimum Gasteiger partial charge on any atom is -0.329 e. The summed E-state index contributed by atoms with van der Waals surface area (Å²) in [6.07, 6.45) is 4.93. The van der Waals surface area contributed by atoms with Crippen LogP contribution in [0, 0.1) is 13.8 Å². The van der Waals surface area contributed by atoms with Gasteiger partial charge in [-0.2, -0.15) is 0 Å². The molecule has 0 spiro atoms. The van der Waals surface area contributed by atoms with Crippen LogP contribution in [0.3, 0.4) is 0 Å². The van der Waals surface area contributed by atoms with Gasteiger partial charge in [0.2, 0.25) is 0 Å². The Labute approximate surface area is 167 Å². The van der Waals surface area contributed by atoms with Gasteiger partial charge in [0.25, 0.3) is 0 Å². The number of allylic oxidation sites excluding steroid dienone is 3. The molecule has 0 aliphatic carbocycles. The van der Waals surface area contributed by atoms with Crippen LogP contribution in [0.1, 0.15) is 64.9 Å². The molecule has 1 aromatic heterocycles. The molecule has 0 radical (unpaired) electrons. The third-order valence-corrected chi connectivity index (χ3v) is 5.32. The van der Waals surface area contributed by atoms with Crippen molar-refractivity contribution in [1.29, 1.82) is 0 Å². The summed E-state index contributed by atoms with van der Waals surface area (Å²) >= 11 is 0. The summed E-state index contributed by atoms with van der Waals surface area (Å²) in [7, 11) is -2.60. The second-order valence-corrected chi connectivity index (χ2v) is 9.35. The number of halogens is 2. The summed E-state index contributed by atoms with van der Waals surface area (Å²) in [6, 6.07) is 1.84. The van der Waals surface area contributed by atoms with E-state index in [0.29, 0.717) is 11.4 Å². The van der Waals surface area contributed by atoms with Crippen LogP contribution in [0.4, 0.5) is 8.63 Å². The summed E-state index contributed by atoms with van der Waals surface area (Å²) < 4.78 is 29.3. The van der Waals surface area contributed by atoms with E-state index in [1.807, 2.05) is 32.9 Å². The molecule has 0 aromatic carbocycles. The summed E-state index contributed by atoms with van der Waals surface area (Å²) in [5, 5.41) is 3.63. The van der Waals surface area contributed by atoms with Gasteiger partial charge in [0, 0.05) is 33.8 Å². The summed E-state index contributed by atoms with van der Waals surface area (Å²) in [6.45, 7) is 16.1. The minimum atomic E-state index is -2.60. The van der Waals surface area contributed by atoms with Crippen LogP contribution in [0.2, 0.25) is 0 Å². The fraction of sp³-hybridized carbons (Fsp3) is 0.500. The lowest BCUT2D eigenvalue weighted by Crippen LogP contribution is -2.54. The molecule has 0 unspecified atom stereocenters. The highest BCUT2D eigenvalue weighted by atomic mass is 19.2. The molecule has 3 heterocycles. The molecule has 0 bridgehead atoms. The molecule has 2 aliphatic rings. The number of aliphatic imine (C=N–C) groups is 1. The van der Waals surface area contributed by atoms with Crippen molar-refractivity contribution in [2.24, 2.45) is 4.99 Å². The van der Waals surface area contributed by atoms with E-state index in [4.69, 9.17) is 4.99 Å². The summed E-state index contributed by atoms with van der Waals surface area (Å²) in [5.74, 6) is 0. The van der Waals surface area contributed by atoms with E-state index in [9.17, 15) is 8.63 Å². The highest BCUT2D eigenvalue weighted by molar-refractivity contribution is 6.41. The van der Waals surface area contributed by atoms with Crippen LogP contribution in [0.15, 0.2) is 40.1 Å². The SMILES string of the molecule is CC1=CC(C)=N/C1=C(/C1=CC(C)(C)NC(C)(C)C1)c1c(C)cc(C)n1B(F)F. The zero-order chi connectivity index (χ0) is 21.0. The standard InChI is InChI=1S/C22H30BF2N3/c1-13-9-15(3)26-19(13)18(17-11-21(5,6)27-22(7,8)12-17)20-14(2)10-16(4)28(20)23(24)25/h9-11,27H,12H2,1-8H3/b19-18-. The Morgan fingerprint density at radius 3 is 2.29 bits per heavy atom. The smallest absolute Gasteiger partial charge is 0.329 e. The molecule has 1 aromatic rings. The summed E-state index contributed by atoms with van der Waals surface area (Å²) in [5.41, 5.74) is 6.22. The van der Waals surface area contributed by atoms with E-state index in [-0.39, 0.29) is 11.1 Å². The van der Waals surface area contributed by atoms with E-state index < -0.39 is 7.40 Å². The molecule has 6 heteroatoms. The van der Waals surface area contributed by atoms with Crippen LogP contribution in [0.25, 0.3) is 5.57 Å². The molecular weight excluding hydrogens is 355 g/mol. The van der Waals surface area contributed by atoms with Crippen molar-refractivity contribution < 1.29 is 8.63 Å². The molecule has 2 aliphatic heterocycles. The van der Waals surface area contributed by atoms with Gasteiger partial charge in [-0.05, 0) is 90.7 Å². The molecule has 150 valence electrons. The Kier molecular flexibility index (Phi) is 5.07. The Morgan fingerprint density at radius 1 is 1.14 bits per heavy atom. The first-order valence-electron chi connectivity index (χ1n) is 9.78. The average Bonchev–Trinajstić information content (AvgIpc) is 2.95. The van der Waals surface area contributed by atoms with Crippen molar-refractivity contribution in [3.05, 3.63) is 52.0 Å². The zero-order valence-electron chi connectivity index (χ0n) is 18.2. The maximum absolute atomic E-state index is 14.1. The molecule has 0 saturated carbocycles. The summed E-state index contributed by atoms with van der Waals surface area (Å²) in [4.78, 5) is 4.75. The monoisotopic (exact) mass is 385 g/mol. The molecular formula is C22H30BF2N3. The van der Waals surface area contributed by atoms with Gasteiger partial charge >= 0.3 is 7.40 Å². The van der Waals surface area contributed by atoms with E-state index in [0.717, 1.165) is 44.6 Å². The van der Waals surface area contributed by atoms with Crippen LogP contribution in [0.5, 0.6) is 0 Å². The van der Waals surface area contributed by atoms with Gasteiger partial charge in [-0.1, -0.05) is 6.08 Å². The van der Waals surface area contributed by atoms with Gasteiger partial charge in [-0.3, -0.25) is 13.6 Å². The number of aromatic nitrogens is 1. The van der Waals surface area contributed by atoms with Gasteiger partial charge in [0.15, 0.2) is 0 Å². The van der Waals surface area contributed by atoms with Crippen molar-refractivity contribution in [3.63, 3.8) is 0 Å². The molecule has 0 fully saturated rings. The van der Waals surface area contributed by atoms with Crippen LogP contribution in [-0.2, 0) is 0 Å². The van der Waals surface area contributed by atoms with Gasteiger partial charge in [0.05, 0.1) is 5.70 Å². The lowest BCUT2D eigenvalue weighted by Gasteiger charge is -2.42. The highest BCUT2D eigenvalue weighted by Crippen LogP contribution is 2.42. The van der Waals surface area contributed by atoms with E-state index in [1.165, 1.54) is 0 Å². The van der Waals surface area contributed by atoms with Gasteiger partial charge < -0.3 is 9.79 Å². The first-order valence-corrected chi connectivity index (χ1v) is 9.78. The predicted molar refractivity (Wildman–Crippen MR) is 115 cm³/mol. The minimum absolute atomic E-state index is 0.153. The van der Waals surface area contributed by atoms with Crippen molar-refractivity contribution in [1.82, 2.24) is 9.79 Å². The van der Waals surface area contributed by atoms with Gasteiger partial charge in [-0.25, -0.2) is 0 Å². The largest absolute Gasteiger partial charge is 0.677 e. The van der Waals surface area contributed by atoms with Crippen molar-refractivity contribution in [3.8, 4) is 0 Å².